The van der Waals surface area contributed by atoms with E-state index in [9.17, 15) is 0 Å². The van der Waals surface area contributed by atoms with Crippen molar-refractivity contribution in [2.24, 2.45) is 11.8 Å². The second kappa shape index (κ2) is 4.63. The molecule has 2 heteroatoms. The highest BCUT2D eigenvalue weighted by Crippen LogP contribution is 2.39. The first-order chi connectivity index (χ1) is 6.83. The van der Waals surface area contributed by atoms with Crippen molar-refractivity contribution in [3.05, 3.63) is 0 Å². The summed E-state index contributed by atoms with van der Waals surface area (Å²) in [7, 11) is 1.80. The Hall–Kier alpha value is -0.0800. The van der Waals surface area contributed by atoms with Crippen LogP contribution in [0.5, 0.6) is 0 Å². The molecule has 0 amide bonds. The molecule has 0 aromatic carbocycles. The molecular formula is C12H23NO. The summed E-state index contributed by atoms with van der Waals surface area (Å²) >= 11 is 0. The third-order valence-corrected chi connectivity index (χ3v) is 4.09. The van der Waals surface area contributed by atoms with E-state index in [0.29, 0.717) is 0 Å². The van der Waals surface area contributed by atoms with E-state index in [1.807, 2.05) is 0 Å². The van der Waals surface area contributed by atoms with E-state index >= 15 is 0 Å². The van der Waals surface area contributed by atoms with Gasteiger partial charge in [0, 0.05) is 26.2 Å². The topological polar surface area (TPSA) is 12.5 Å². The molecule has 0 spiro atoms. The summed E-state index contributed by atoms with van der Waals surface area (Å²) < 4.78 is 5.18. The summed E-state index contributed by atoms with van der Waals surface area (Å²) in [6.07, 6.45) is 5.80. The molecule has 2 fully saturated rings. The van der Waals surface area contributed by atoms with Crippen LogP contribution in [0.25, 0.3) is 0 Å². The Labute approximate surface area is 87.6 Å². The van der Waals surface area contributed by atoms with Crippen LogP contribution < -0.4 is 0 Å². The van der Waals surface area contributed by atoms with Crippen LogP contribution in [0.3, 0.4) is 0 Å². The van der Waals surface area contributed by atoms with Gasteiger partial charge in [-0.25, -0.2) is 0 Å². The van der Waals surface area contributed by atoms with Crippen LogP contribution in [-0.4, -0.2) is 37.7 Å². The first kappa shape index (κ1) is 10.4. The molecule has 3 atom stereocenters. The molecular weight excluding hydrogens is 174 g/mol. The van der Waals surface area contributed by atoms with Crippen molar-refractivity contribution in [2.45, 2.75) is 38.6 Å². The molecule has 1 aliphatic carbocycles. The van der Waals surface area contributed by atoms with Crippen LogP contribution in [-0.2, 0) is 4.74 Å². The molecule has 0 aromatic heterocycles. The van der Waals surface area contributed by atoms with E-state index in [1.165, 1.54) is 32.2 Å². The predicted molar refractivity (Wildman–Crippen MR) is 58.4 cm³/mol. The maximum atomic E-state index is 5.18. The SMILES string of the molecule is COCCN1CC(C)C2CCCCC21. The second-order valence-electron chi connectivity index (χ2n) is 4.98. The van der Waals surface area contributed by atoms with Crippen molar-refractivity contribution < 1.29 is 4.74 Å². The first-order valence-corrected chi connectivity index (χ1v) is 6.06. The van der Waals surface area contributed by atoms with Crippen LogP contribution in [0.15, 0.2) is 0 Å². The minimum Gasteiger partial charge on any atom is -0.383 e. The van der Waals surface area contributed by atoms with Crippen molar-refractivity contribution >= 4 is 0 Å². The van der Waals surface area contributed by atoms with Gasteiger partial charge in [0.05, 0.1) is 6.61 Å². The number of hydrogen-bond acceptors (Lipinski definition) is 2. The highest BCUT2D eigenvalue weighted by atomic mass is 16.5. The van der Waals surface area contributed by atoms with E-state index in [2.05, 4.69) is 11.8 Å². The number of ether oxygens (including phenoxy) is 1. The number of nitrogens with zero attached hydrogens (tertiary/aromatic N) is 1. The summed E-state index contributed by atoms with van der Waals surface area (Å²) in [4.78, 5) is 2.66. The molecule has 1 aliphatic heterocycles. The zero-order chi connectivity index (χ0) is 9.97. The monoisotopic (exact) mass is 197 g/mol. The van der Waals surface area contributed by atoms with E-state index in [-0.39, 0.29) is 0 Å². The maximum absolute atomic E-state index is 5.18. The Morgan fingerprint density at radius 3 is 2.86 bits per heavy atom. The van der Waals surface area contributed by atoms with Crippen molar-refractivity contribution in [2.75, 3.05) is 26.8 Å². The summed E-state index contributed by atoms with van der Waals surface area (Å²) in [5.74, 6) is 1.90. The fourth-order valence-electron chi connectivity index (χ4n) is 3.36. The van der Waals surface area contributed by atoms with Crippen LogP contribution in [0.1, 0.15) is 32.6 Å². The zero-order valence-electron chi connectivity index (χ0n) is 9.54. The van der Waals surface area contributed by atoms with E-state index in [4.69, 9.17) is 4.74 Å². The van der Waals surface area contributed by atoms with Gasteiger partial charge in [0.15, 0.2) is 0 Å². The van der Waals surface area contributed by atoms with Crippen molar-refractivity contribution in [3.8, 4) is 0 Å². The molecule has 2 nitrogen and oxygen atoms in total. The highest BCUT2D eigenvalue weighted by molar-refractivity contribution is 4.93. The van der Waals surface area contributed by atoms with Crippen LogP contribution in [0.4, 0.5) is 0 Å². The lowest BCUT2D eigenvalue weighted by Crippen LogP contribution is -2.36. The molecule has 1 saturated heterocycles. The zero-order valence-corrected chi connectivity index (χ0v) is 9.54. The molecule has 0 radical (unpaired) electrons. The summed E-state index contributed by atoms with van der Waals surface area (Å²) in [6, 6.07) is 0.883. The van der Waals surface area contributed by atoms with Gasteiger partial charge in [-0.3, -0.25) is 4.90 Å². The van der Waals surface area contributed by atoms with Crippen LogP contribution >= 0.6 is 0 Å². The third kappa shape index (κ3) is 1.96. The number of fused-ring (bicyclic) bond motifs is 1. The fourth-order valence-corrected chi connectivity index (χ4v) is 3.36. The fraction of sp³-hybridized carbons (Fsp3) is 1.00. The third-order valence-electron chi connectivity index (χ3n) is 4.09. The minimum absolute atomic E-state index is 0.883. The van der Waals surface area contributed by atoms with Gasteiger partial charge in [-0.15, -0.1) is 0 Å². The lowest BCUT2D eigenvalue weighted by Gasteiger charge is -2.32. The van der Waals surface area contributed by atoms with Crippen molar-refractivity contribution in [1.82, 2.24) is 4.90 Å². The smallest absolute Gasteiger partial charge is 0.0589 e. The summed E-state index contributed by atoms with van der Waals surface area (Å²) in [6.45, 7) is 5.77. The van der Waals surface area contributed by atoms with E-state index < -0.39 is 0 Å². The Morgan fingerprint density at radius 2 is 2.07 bits per heavy atom. The van der Waals surface area contributed by atoms with Gasteiger partial charge < -0.3 is 4.74 Å². The first-order valence-electron chi connectivity index (χ1n) is 6.06. The van der Waals surface area contributed by atoms with Crippen molar-refractivity contribution in [1.29, 1.82) is 0 Å². The van der Waals surface area contributed by atoms with Gasteiger partial charge >= 0.3 is 0 Å². The average Bonchev–Trinajstić information content (AvgIpc) is 2.54. The molecule has 2 rings (SSSR count). The van der Waals surface area contributed by atoms with E-state index in [1.54, 1.807) is 7.11 Å². The lowest BCUT2D eigenvalue weighted by atomic mass is 9.80. The second-order valence-corrected chi connectivity index (χ2v) is 4.98. The van der Waals surface area contributed by atoms with Gasteiger partial charge in [-0.2, -0.15) is 0 Å². The summed E-state index contributed by atoms with van der Waals surface area (Å²) in [5, 5.41) is 0. The molecule has 14 heavy (non-hydrogen) atoms. The van der Waals surface area contributed by atoms with Crippen molar-refractivity contribution in [3.63, 3.8) is 0 Å². The minimum atomic E-state index is 0.883. The number of methoxy groups -OCH3 is 1. The van der Waals surface area contributed by atoms with Gasteiger partial charge in [0.1, 0.15) is 0 Å². The predicted octanol–water partition coefficient (Wildman–Crippen LogP) is 2.14. The standard InChI is InChI=1S/C12H23NO/c1-10-9-13(7-8-14-2)12-6-4-3-5-11(10)12/h10-12H,3-9H2,1-2H3. The van der Waals surface area contributed by atoms with Gasteiger partial charge in [-0.1, -0.05) is 19.8 Å². The maximum Gasteiger partial charge on any atom is 0.0589 e. The largest absolute Gasteiger partial charge is 0.383 e. The Balaban J connectivity index is 1.92. The molecule has 1 heterocycles. The molecule has 0 aromatic rings. The van der Waals surface area contributed by atoms with Gasteiger partial charge in [-0.05, 0) is 24.7 Å². The Bertz CT molecular complexity index is 183. The molecule has 1 saturated carbocycles. The normalized spacial score (nSPS) is 38.6. The molecule has 0 N–H and O–H groups in total. The van der Waals surface area contributed by atoms with Gasteiger partial charge in [0.25, 0.3) is 0 Å². The number of rotatable bonds is 3. The highest BCUT2D eigenvalue weighted by Gasteiger charge is 2.39. The van der Waals surface area contributed by atoms with Crippen LogP contribution in [0, 0.1) is 11.8 Å². The number of likely N-dealkylation sites (tertiary alicyclic amines) is 1. The molecule has 3 unspecified atom stereocenters. The quantitative estimate of drug-likeness (QED) is 0.687. The molecule has 82 valence electrons. The van der Waals surface area contributed by atoms with Crippen LogP contribution in [0.2, 0.25) is 0 Å². The average molecular weight is 197 g/mol. The lowest BCUT2D eigenvalue weighted by molar-refractivity contribution is 0.120. The molecule has 0 bridgehead atoms. The van der Waals surface area contributed by atoms with E-state index in [0.717, 1.165) is 31.0 Å². The number of hydrogen-bond donors (Lipinski definition) is 0. The molecule has 2 aliphatic rings. The summed E-state index contributed by atoms with van der Waals surface area (Å²) in [5.41, 5.74) is 0. The Kier molecular flexibility index (Phi) is 3.45. The Morgan fingerprint density at radius 1 is 1.29 bits per heavy atom. The van der Waals surface area contributed by atoms with Gasteiger partial charge in [0.2, 0.25) is 0 Å².